The van der Waals surface area contributed by atoms with E-state index in [1.54, 1.807) is 0 Å². The highest BCUT2D eigenvalue weighted by atomic mass is 16.5. The number of aromatic amines is 1. The van der Waals surface area contributed by atoms with Gasteiger partial charge in [0.25, 0.3) is 0 Å². The van der Waals surface area contributed by atoms with Gasteiger partial charge in [0.1, 0.15) is 5.76 Å². The van der Waals surface area contributed by atoms with Crippen LogP contribution in [0.1, 0.15) is 41.5 Å². The maximum absolute atomic E-state index is 5.24. The first kappa shape index (κ1) is 12.4. The first-order valence-corrected chi connectivity index (χ1v) is 6.87. The summed E-state index contributed by atoms with van der Waals surface area (Å²) in [5, 5.41) is 11.2. The SMILES string of the molecule is Cc1noc(C)c1CN1CCC[C@H](c2ccn[nH]2)C1. The minimum absolute atomic E-state index is 0.566. The monoisotopic (exact) mass is 260 g/mol. The van der Waals surface area contributed by atoms with E-state index >= 15 is 0 Å². The Morgan fingerprint density at radius 1 is 1.47 bits per heavy atom. The second kappa shape index (κ2) is 5.17. The molecule has 3 heterocycles. The van der Waals surface area contributed by atoms with Gasteiger partial charge in [0, 0.05) is 36.5 Å². The van der Waals surface area contributed by atoms with E-state index in [0.717, 1.165) is 31.1 Å². The van der Waals surface area contributed by atoms with Crippen molar-refractivity contribution in [3.05, 3.63) is 35.0 Å². The lowest BCUT2D eigenvalue weighted by Gasteiger charge is -2.32. The molecule has 2 aromatic heterocycles. The summed E-state index contributed by atoms with van der Waals surface area (Å²) in [4.78, 5) is 2.49. The quantitative estimate of drug-likeness (QED) is 0.920. The highest BCUT2D eigenvalue weighted by Crippen LogP contribution is 2.27. The molecule has 0 aliphatic carbocycles. The number of likely N-dealkylation sites (tertiary alicyclic amines) is 1. The molecule has 0 bridgehead atoms. The number of nitrogens with one attached hydrogen (secondary N) is 1. The van der Waals surface area contributed by atoms with Crippen LogP contribution in [0.5, 0.6) is 0 Å². The van der Waals surface area contributed by atoms with Crippen LogP contribution in [0.2, 0.25) is 0 Å². The van der Waals surface area contributed by atoms with Gasteiger partial charge >= 0.3 is 0 Å². The van der Waals surface area contributed by atoms with E-state index in [4.69, 9.17) is 4.52 Å². The summed E-state index contributed by atoms with van der Waals surface area (Å²) in [6.07, 6.45) is 4.30. The van der Waals surface area contributed by atoms with Crippen molar-refractivity contribution in [1.29, 1.82) is 0 Å². The minimum atomic E-state index is 0.566. The Morgan fingerprint density at radius 2 is 2.37 bits per heavy atom. The largest absolute Gasteiger partial charge is 0.361 e. The Bertz CT molecular complexity index is 512. The van der Waals surface area contributed by atoms with Crippen LogP contribution in [0.4, 0.5) is 0 Å². The Balaban J connectivity index is 1.69. The van der Waals surface area contributed by atoms with Gasteiger partial charge in [-0.05, 0) is 39.3 Å². The third kappa shape index (κ3) is 2.56. The number of piperidine rings is 1. The molecule has 1 saturated heterocycles. The van der Waals surface area contributed by atoms with Gasteiger partial charge in [-0.15, -0.1) is 0 Å². The van der Waals surface area contributed by atoms with Crippen LogP contribution >= 0.6 is 0 Å². The van der Waals surface area contributed by atoms with Gasteiger partial charge < -0.3 is 4.52 Å². The third-order valence-electron chi connectivity index (χ3n) is 4.03. The molecule has 19 heavy (non-hydrogen) atoms. The average Bonchev–Trinajstić information content (AvgIpc) is 3.05. The smallest absolute Gasteiger partial charge is 0.138 e. The molecular weight excluding hydrogens is 240 g/mol. The van der Waals surface area contributed by atoms with Crippen molar-refractivity contribution in [3.63, 3.8) is 0 Å². The van der Waals surface area contributed by atoms with Crippen molar-refractivity contribution in [2.75, 3.05) is 13.1 Å². The fourth-order valence-electron chi connectivity index (χ4n) is 2.90. The van der Waals surface area contributed by atoms with Crippen molar-refractivity contribution >= 4 is 0 Å². The molecule has 1 N–H and O–H groups in total. The molecule has 5 nitrogen and oxygen atoms in total. The summed E-state index contributed by atoms with van der Waals surface area (Å²) in [5.74, 6) is 1.51. The van der Waals surface area contributed by atoms with Gasteiger partial charge in [-0.2, -0.15) is 5.10 Å². The Hall–Kier alpha value is -1.62. The van der Waals surface area contributed by atoms with E-state index in [1.165, 1.54) is 24.1 Å². The molecule has 2 aromatic rings. The van der Waals surface area contributed by atoms with Crippen LogP contribution in [-0.4, -0.2) is 33.3 Å². The normalized spacial score (nSPS) is 20.8. The lowest BCUT2D eigenvalue weighted by Crippen LogP contribution is -2.34. The van der Waals surface area contributed by atoms with Gasteiger partial charge in [0.2, 0.25) is 0 Å². The highest BCUT2D eigenvalue weighted by Gasteiger charge is 2.23. The second-order valence-electron chi connectivity index (χ2n) is 5.39. The zero-order valence-electron chi connectivity index (χ0n) is 11.5. The number of aromatic nitrogens is 3. The summed E-state index contributed by atoms with van der Waals surface area (Å²) in [6, 6.07) is 2.09. The molecule has 0 spiro atoms. The number of nitrogens with zero attached hydrogens (tertiary/aromatic N) is 3. The summed E-state index contributed by atoms with van der Waals surface area (Å²) in [6.45, 7) is 7.17. The maximum atomic E-state index is 5.24. The molecule has 0 radical (unpaired) electrons. The third-order valence-corrected chi connectivity index (χ3v) is 4.03. The highest BCUT2D eigenvalue weighted by molar-refractivity contribution is 5.21. The molecule has 1 atom stereocenters. The summed E-state index contributed by atoms with van der Waals surface area (Å²) in [7, 11) is 0. The molecule has 0 saturated carbocycles. The average molecular weight is 260 g/mol. The van der Waals surface area contributed by atoms with Gasteiger partial charge in [-0.25, -0.2) is 0 Å². The number of rotatable bonds is 3. The lowest BCUT2D eigenvalue weighted by atomic mass is 9.94. The topological polar surface area (TPSA) is 58.0 Å². The zero-order valence-corrected chi connectivity index (χ0v) is 11.5. The molecule has 0 amide bonds. The van der Waals surface area contributed by atoms with E-state index in [0.29, 0.717) is 5.92 Å². The van der Waals surface area contributed by atoms with E-state index in [1.807, 2.05) is 20.0 Å². The zero-order chi connectivity index (χ0) is 13.2. The fourth-order valence-corrected chi connectivity index (χ4v) is 2.90. The first-order chi connectivity index (χ1) is 9.24. The summed E-state index contributed by atoms with van der Waals surface area (Å²) >= 11 is 0. The van der Waals surface area contributed by atoms with E-state index in [2.05, 4.69) is 26.3 Å². The van der Waals surface area contributed by atoms with Crippen molar-refractivity contribution in [2.45, 2.75) is 39.2 Å². The van der Waals surface area contributed by atoms with Gasteiger partial charge in [-0.1, -0.05) is 5.16 Å². The molecule has 1 aliphatic heterocycles. The molecule has 5 heteroatoms. The predicted molar refractivity (Wildman–Crippen MR) is 71.8 cm³/mol. The van der Waals surface area contributed by atoms with Crippen LogP contribution in [0.3, 0.4) is 0 Å². The first-order valence-electron chi connectivity index (χ1n) is 6.87. The number of hydrogen-bond acceptors (Lipinski definition) is 4. The Kier molecular flexibility index (Phi) is 3.38. The number of hydrogen-bond donors (Lipinski definition) is 1. The van der Waals surface area contributed by atoms with Crippen LogP contribution in [0.25, 0.3) is 0 Å². The lowest BCUT2D eigenvalue weighted by molar-refractivity contribution is 0.197. The van der Waals surface area contributed by atoms with Crippen molar-refractivity contribution in [1.82, 2.24) is 20.3 Å². The van der Waals surface area contributed by atoms with E-state index in [-0.39, 0.29) is 0 Å². The van der Waals surface area contributed by atoms with Crippen LogP contribution < -0.4 is 0 Å². The molecule has 0 aromatic carbocycles. The molecule has 102 valence electrons. The fraction of sp³-hybridized carbons (Fsp3) is 0.571. The second-order valence-corrected chi connectivity index (χ2v) is 5.39. The molecule has 1 aliphatic rings. The van der Waals surface area contributed by atoms with Crippen LogP contribution in [0, 0.1) is 13.8 Å². The number of aryl methyl sites for hydroxylation is 2. The van der Waals surface area contributed by atoms with Gasteiger partial charge in [0.05, 0.1) is 5.69 Å². The van der Waals surface area contributed by atoms with Crippen molar-refractivity contribution in [2.24, 2.45) is 0 Å². The van der Waals surface area contributed by atoms with Crippen LogP contribution in [0.15, 0.2) is 16.8 Å². The van der Waals surface area contributed by atoms with Crippen LogP contribution in [-0.2, 0) is 6.54 Å². The van der Waals surface area contributed by atoms with E-state index in [9.17, 15) is 0 Å². The summed E-state index contributed by atoms with van der Waals surface area (Å²) < 4.78 is 5.24. The predicted octanol–water partition coefficient (Wildman–Crippen LogP) is 2.39. The maximum Gasteiger partial charge on any atom is 0.138 e. The standard InChI is InChI=1S/C14H20N4O/c1-10-13(11(2)19-17-10)9-18-7-3-4-12(8-18)14-5-6-15-16-14/h5-6,12H,3-4,7-9H2,1-2H3,(H,15,16)/t12-/m0/s1. The summed E-state index contributed by atoms with van der Waals surface area (Å²) in [5.41, 5.74) is 3.51. The van der Waals surface area contributed by atoms with Gasteiger partial charge in [-0.3, -0.25) is 10.00 Å². The molecule has 0 unspecified atom stereocenters. The van der Waals surface area contributed by atoms with Gasteiger partial charge in [0.15, 0.2) is 0 Å². The van der Waals surface area contributed by atoms with Crippen molar-refractivity contribution < 1.29 is 4.52 Å². The Labute approximate surface area is 113 Å². The Morgan fingerprint density at radius 3 is 3.05 bits per heavy atom. The van der Waals surface area contributed by atoms with E-state index < -0.39 is 0 Å². The number of H-pyrrole nitrogens is 1. The molecular formula is C14H20N4O. The molecule has 1 fully saturated rings. The van der Waals surface area contributed by atoms with Crippen molar-refractivity contribution in [3.8, 4) is 0 Å². The molecule has 3 rings (SSSR count). The minimum Gasteiger partial charge on any atom is -0.361 e.